The van der Waals surface area contributed by atoms with Crippen LogP contribution in [0, 0.1) is 6.92 Å². The normalized spacial score (nSPS) is 12.9. The molecule has 0 spiro atoms. The quantitative estimate of drug-likeness (QED) is 0.0452. The van der Waals surface area contributed by atoms with Crippen molar-refractivity contribution < 1.29 is 0 Å². The largest absolute Gasteiger partial charge is 0.314 e. The number of unbranched alkanes of at least 4 members (excludes halogenated alkanes) is 10. The summed E-state index contributed by atoms with van der Waals surface area (Å²) in [6, 6.07) is 41.2. The number of fused-ring (bicyclic) bond motifs is 3. The Balaban J connectivity index is 1.56. The van der Waals surface area contributed by atoms with Crippen LogP contribution in [0.4, 0.5) is 28.4 Å². The Morgan fingerprint density at radius 1 is 0.548 bits per heavy atom. The molecule has 5 aromatic carbocycles. The molecular weight excluding hydrogens is 749 g/mol. The molecule has 0 N–H and O–H groups in total. The zero-order valence-electron chi connectivity index (χ0n) is 38.7. The second-order valence-corrected chi connectivity index (χ2v) is 17.7. The molecule has 0 bridgehead atoms. The fourth-order valence-corrected chi connectivity index (χ4v) is 9.61. The van der Waals surface area contributed by atoms with Gasteiger partial charge in [-0.25, -0.2) is 0 Å². The molecule has 0 radical (unpaired) electrons. The molecule has 0 saturated heterocycles. The molecule has 2 heteroatoms. The van der Waals surface area contributed by atoms with Crippen LogP contribution in [0.25, 0.3) is 23.3 Å². The lowest BCUT2D eigenvalue weighted by Crippen LogP contribution is -2.26. The van der Waals surface area contributed by atoms with Crippen molar-refractivity contribution in [3.63, 3.8) is 0 Å². The van der Waals surface area contributed by atoms with E-state index in [9.17, 15) is 0 Å². The van der Waals surface area contributed by atoms with Crippen LogP contribution in [0.15, 0.2) is 158 Å². The van der Waals surface area contributed by atoms with Crippen molar-refractivity contribution in [3.8, 4) is 11.1 Å². The molecule has 322 valence electrons. The maximum Gasteiger partial charge on any atom is 0.0467 e. The van der Waals surface area contributed by atoms with Gasteiger partial charge >= 0.3 is 0 Å². The van der Waals surface area contributed by atoms with Crippen LogP contribution < -0.4 is 9.80 Å². The number of benzene rings is 5. The van der Waals surface area contributed by atoms with Crippen molar-refractivity contribution in [1.82, 2.24) is 0 Å². The maximum atomic E-state index is 4.13. The highest BCUT2D eigenvalue weighted by atomic mass is 15.1. The van der Waals surface area contributed by atoms with E-state index in [2.05, 4.69) is 185 Å². The monoisotopic (exact) mass is 821 g/mol. The molecule has 0 saturated carbocycles. The minimum Gasteiger partial charge on any atom is -0.314 e. The third-order valence-electron chi connectivity index (χ3n) is 12.8. The average molecular weight is 821 g/mol. The van der Waals surface area contributed by atoms with Crippen LogP contribution in [0.1, 0.15) is 145 Å². The number of hydrogen-bond donors (Lipinski definition) is 0. The summed E-state index contributed by atoms with van der Waals surface area (Å²) in [4.78, 5) is 4.88. The van der Waals surface area contributed by atoms with Gasteiger partial charge < -0.3 is 9.80 Å². The molecule has 0 amide bonds. The van der Waals surface area contributed by atoms with Gasteiger partial charge in [0.15, 0.2) is 0 Å². The summed E-state index contributed by atoms with van der Waals surface area (Å²) in [5.41, 5.74) is 17.1. The first kappa shape index (κ1) is 45.9. The topological polar surface area (TPSA) is 6.48 Å². The molecule has 0 unspecified atom stereocenters. The zero-order chi connectivity index (χ0) is 43.9. The number of allylic oxidation sites excluding steroid dienone is 5. The summed E-state index contributed by atoms with van der Waals surface area (Å²) >= 11 is 0. The number of nitrogens with zero attached hydrogens (tertiary/aromatic N) is 2. The average Bonchev–Trinajstić information content (AvgIpc) is 3.54. The third-order valence-corrected chi connectivity index (χ3v) is 12.8. The first-order chi connectivity index (χ1) is 30.2. The molecule has 0 fully saturated rings. The van der Waals surface area contributed by atoms with E-state index < -0.39 is 0 Å². The van der Waals surface area contributed by atoms with E-state index in [4.69, 9.17) is 0 Å². The number of anilines is 5. The molecule has 1 aliphatic carbocycles. The molecule has 62 heavy (non-hydrogen) atoms. The van der Waals surface area contributed by atoms with Gasteiger partial charge in [-0.3, -0.25) is 0 Å². The van der Waals surface area contributed by atoms with Gasteiger partial charge in [0.25, 0.3) is 0 Å². The Morgan fingerprint density at radius 2 is 1.02 bits per heavy atom. The Morgan fingerprint density at radius 3 is 1.58 bits per heavy atom. The van der Waals surface area contributed by atoms with Crippen LogP contribution >= 0.6 is 0 Å². The standard InChI is InChI=1S/C60H72N2/c1-9-13-15-17-19-21-39-60(40-22-20-18-16-14-10-2)58-44-54(61(48(8)29-23-27-46(5)6)52-33-25-30-49(11-3)42-52)35-37-56(58)57-38-36-55(45-59(57)60)62(51-32-24-28-47(7)41-51)53-34-26-31-50(12-4)43-53/h11-12,23-38,41-45H,3-5,9-10,13-22,39-40H2,1-2,6-8H3/b27-23-,48-29+. The smallest absolute Gasteiger partial charge is 0.0467 e. The SMILES string of the molecule is C=Cc1cccc(N(/C(C)=C/C=C\C(=C)C)c2ccc3c(c2)C(CCCCCCCC)(CCCCCCCC)c2cc(N(c4cccc(C)c4)c4cccc(C=C)c4)ccc2-3)c1. The van der Waals surface area contributed by atoms with E-state index in [-0.39, 0.29) is 5.41 Å². The summed E-state index contributed by atoms with van der Waals surface area (Å²) in [7, 11) is 0. The van der Waals surface area contributed by atoms with Gasteiger partial charge in [-0.15, -0.1) is 0 Å². The summed E-state index contributed by atoms with van der Waals surface area (Å²) in [5, 5.41) is 0. The van der Waals surface area contributed by atoms with Crippen LogP contribution in [-0.4, -0.2) is 0 Å². The van der Waals surface area contributed by atoms with Crippen molar-refractivity contribution in [2.75, 3.05) is 9.80 Å². The lowest BCUT2D eigenvalue weighted by atomic mass is 9.70. The Kier molecular flexibility index (Phi) is 16.6. The van der Waals surface area contributed by atoms with Crippen LogP contribution in [0.3, 0.4) is 0 Å². The molecule has 2 nitrogen and oxygen atoms in total. The van der Waals surface area contributed by atoms with Gasteiger partial charge in [-0.1, -0.05) is 189 Å². The van der Waals surface area contributed by atoms with Crippen molar-refractivity contribution in [3.05, 3.63) is 186 Å². The highest BCUT2D eigenvalue weighted by Crippen LogP contribution is 2.57. The lowest BCUT2D eigenvalue weighted by molar-refractivity contribution is 0.398. The second kappa shape index (κ2) is 22.5. The second-order valence-electron chi connectivity index (χ2n) is 17.7. The van der Waals surface area contributed by atoms with Crippen LogP contribution in [0.5, 0.6) is 0 Å². The Hall–Kier alpha value is -5.60. The van der Waals surface area contributed by atoms with Gasteiger partial charge in [-0.05, 0) is 139 Å². The fourth-order valence-electron chi connectivity index (χ4n) is 9.61. The molecule has 0 aliphatic heterocycles. The van der Waals surface area contributed by atoms with Gasteiger partial charge in [-0.2, -0.15) is 0 Å². The summed E-state index contributed by atoms with van der Waals surface area (Å²) in [6.45, 7) is 23.4. The Labute approximate surface area is 376 Å². The predicted molar refractivity (Wildman–Crippen MR) is 275 cm³/mol. The molecule has 6 rings (SSSR count). The number of hydrogen-bond acceptors (Lipinski definition) is 2. The van der Waals surface area contributed by atoms with Crippen LogP contribution in [0.2, 0.25) is 0 Å². The van der Waals surface area contributed by atoms with Crippen molar-refractivity contribution >= 4 is 40.6 Å². The first-order valence-corrected chi connectivity index (χ1v) is 23.6. The Bertz CT molecular complexity index is 2340. The van der Waals surface area contributed by atoms with Crippen molar-refractivity contribution in [2.24, 2.45) is 0 Å². The number of rotatable bonds is 24. The van der Waals surface area contributed by atoms with Gasteiger partial charge in [0.2, 0.25) is 0 Å². The van der Waals surface area contributed by atoms with E-state index in [1.165, 1.54) is 122 Å². The van der Waals surface area contributed by atoms with E-state index in [1.54, 1.807) is 0 Å². The molecule has 0 aromatic heterocycles. The predicted octanol–water partition coefficient (Wildman–Crippen LogP) is 18.7. The zero-order valence-corrected chi connectivity index (χ0v) is 38.7. The van der Waals surface area contributed by atoms with Gasteiger partial charge in [0.1, 0.15) is 0 Å². The lowest BCUT2D eigenvalue weighted by Gasteiger charge is -2.35. The minimum atomic E-state index is -0.125. The summed E-state index contributed by atoms with van der Waals surface area (Å²) < 4.78 is 0. The first-order valence-electron chi connectivity index (χ1n) is 23.6. The maximum absolute atomic E-state index is 4.13. The summed E-state index contributed by atoms with van der Waals surface area (Å²) in [6.07, 6.45) is 28.0. The molecule has 0 atom stereocenters. The van der Waals surface area contributed by atoms with Crippen LogP contribution in [-0.2, 0) is 5.41 Å². The summed E-state index contributed by atoms with van der Waals surface area (Å²) in [5.74, 6) is 0. The van der Waals surface area contributed by atoms with E-state index in [0.29, 0.717) is 0 Å². The molecule has 0 heterocycles. The van der Waals surface area contributed by atoms with E-state index in [1.807, 2.05) is 19.1 Å². The van der Waals surface area contributed by atoms with E-state index in [0.717, 1.165) is 46.6 Å². The van der Waals surface area contributed by atoms with Gasteiger partial charge in [0.05, 0.1) is 0 Å². The minimum absolute atomic E-state index is 0.125. The van der Waals surface area contributed by atoms with Crippen molar-refractivity contribution in [2.45, 2.75) is 130 Å². The molecular formula is C60H72N2. The third kappa shape index (κ3) is 11.1. The molecule has 1 aliphatic rings. The number of aryl methyl sites for hydroxylation is 1. The molecule has 5 aromatic rings. The highest BCUT2D eigenvalue weighted by Gasteiger charge is 2.43. The van der Waals surface area contributed by atoms with E-state index >= 15 is 0 Å². The van der Waals surface area contributed by atoms with Crippen molar-refractivity contribution in [1.29, 1.82) is 0 Å². The highest BCUT2D eigenvalue weighted by molar-refractivity contribution is 5.88. The fraction of sp³-hybridized carbons (Fsp3) is 0.333. The van der Waals surface area contributed by atoms with Gasteiger partial charge in [0, 0.05) is 39.5 Å².